The highest BCUT2D eigenvalue weighted by molar-refractivity contribution is 5.70. The smallest absolute Gasteiger partial charge is 0.303 e. The molecule has 0 aromatic rings. The maximum Gasteiger partial charge on any atom is 0.303 e. The third kappa shape index (κ3) is 11.8. The molecule has 1 saturated carbocycles. The summed E-state index contributed by atoms with van der Waals surface area (Å²) in [6.45, 7) is 8.06. The van der Waals surface area contributed by atoms with Crippen LogP contribution >= 0.6 is 0 Å². The number of carbonyl (C=O) groups is 9. The van der Waals surface area contributed by atoms with Crippen molar-refractivity contribution in [2.24, 2.45) is 11.8 Å². The molecule has 0 bridgehead atoms. The van der Waals surface area contributed by atoms with Crippen molar-refractivity contribution in [3.8, 4) is 0 Å². The van der Waals surface area contributed by atoms with Crippen molar-refractivity contribution in [2.45, 2.75) is 148 Å². The largest absolute Gasteiger partial charge is 0.472 e. The van der Waals surface area contributed by atoms with E-state index < -0.39 is 164 Å². The third-order valence-electron chi connectivity index (χ3n) is 10.2. The van der Waals surface area contributed by atoms with Gasteiger partial charge in [0.2, 0.25) is 12.6 Å². The molecule has 0 amide bonds. The second-order valence-corrected chi connectivity index (χ2v) is 15.1. The van der Waals surface area contributed by atoms with E-state index in [4.69, 9.17) is 71.1 Å². The Morgan fingerprint density at radius 3 is 1.40 bits per heavy atom. The summed E-state index contributed by atoms with van der Waals surface area (Å²) in [5, 5.41) is 0. The number of esters is 9. The highest BCUT2D eigenvalue weighted by atomic mass is 16.8. The Hall–Kier alpha value is -5.43. The molecule has 1 aliphatic carbocycles. The zero-order valence-corrected chi connectivity index (χ0v) is 35.7. The predicted octanol–water partition coefficient (Wildman–Crippen LogP) is -0.629. The maximum absolute atomic E-state index is 12.7. The zero-order valence-electron chi connectivity index (χ0n) is 35.7. The Kier molecular flexibility index (Phi) is 15.7. The Labute approximate surface area is 359 Å². The normalized spacial score (nSPS) is 36.0. The Balaban J connectivity index is 1.53. The van der Waals surface area contributed by atoms with Crippen LogP contribution in [-0.4, -0.2) is 159 Å². The van der Waals surface area contributed by atoms with E-state index in [-0.39, 0.29) is 6.61 Å². The minimum atomic E-state index is -1.78. The van der Waals surface area contributed by atoms with Gasteiger partial charge < -0.3 is 71.1 Å². The summed E-state index contributed by atoms with van der Waals surface area (Å²) in [6.07, 6.45) is -16.5. The van der Waals surface area contributed by atoms with E-state index in [2.05, 4.69) is 0 Å². The lowest BCUT2D eigenvalue weighted by Crippen LogP contribution is -2.65. The van der Waals surface area contributed by atoms with Gasteiger partial charge in [0, 0.05) is 68.2 Å². The summed E-state index contributed by atoms with van der Waals surface area (Å²) < 4.78 is 86.1. The lowest BCUT2D eigenvalue weighted by molar-refractivity contribution is -0.357. The molecular weight excluding hydrogens is 852 g/mol. The lowest BCUT2D eigenvalue weighted by Gasteiger charge is -2.47. The van der Waals surface area contributed by atoms with E-state index in [9.17, 15) is 43.2 Å². The highest BCUT2D eigenvalue weighted by Crippen LogP contribution is 2.61. The van der Waals surface area contributed by atoms with Crippen LogP contribution in [0.5, 0.6) is 0 Å². The molecule has 16 atom stereocenters. The van der Waals surface area contributed by atoms with E-state index in [1.165, 1.54) is 20.1 Å². The molecule has 0 aromatic heterocycles. The summed E-state index contributed by atoms with van der Waals surface area (Å²) >= 11 is 0. The summed E-state index contributed by atoms with van der Waals surface area (Å²) in [4.78, 5) is 111. The van der Waals surface area contributed by atoms with E-state index in [1.54, 1.807) is 6.08 Å². The molecule has 4 aliphatic heterocycles. The van der Waals surface area contributed by atoms with Gasteiger partial charge in [0.25, 0.3) is 0 Å². The zero-order chi connectivity index (χ0) is 46.5. The molecule has 16 unspecified atom stereocenters. The second-order valence-electron chi connectivity index (χ2n) is 15.1. The van der Waals surface area contributed by atoms with Gasteiger partial charge in [0.05, 0.1) is 18.8 Å². The van der Waals surface area contributed by atoms with Crippen LogP contribution in [0.15, 0.2) is 12.3 Å². The number of hydrogen-bond donors (Lipinski definition) is 0. The fourth-order valence-electron chi connectivity index (χ4n) is 8.11. The fourth-order valence-corrected chi connectivity index (χ4v) is 8.11. The molecule has 0 radical (unpaired) electrons. The van der Waals surface area contributed by atoms with E-state index in [0.717, 1.165) is 48.5 Å². The van der Waals surface area contributed by atoms with Crippen LogP contribution in [0.25, 0.3) is 0 Å². The molecule has 0 spiro atoms. The number of fused-ring (bicyclic) bond motifs is 3. The third-order valence-corrected chi connectivity index (χ3v) is 10.2. The fraction of sp³-hybridized carbons (Fsp3) is 0.718. The molecule has 0 N–H and O–H groups in total. The minimum absolute atomic E-state index is 0.307. The number of carbonyl (C=O) groups excluding carboxylic acids is 9. The number of hydrogen-bond acceptors (Lipinski definition) is 24. The molecule has 24 nitrogen and oxygen atoms in total. The van der Waals surface area contributed by atoms with Crippen LogP contribution in [0.2, 0.25) is 0 Å². The summed E-state index contributed by atoms with van der Waals surface area (Å²) in [7, 11) is 0. The molecule has 63 heavy (non-hydrogen) atoms. The standard InChI is InChI=1S/C39H50O24/c1-15(40)50-12-25-29(54-18(4)43)31(56-20(6)45)33(58-22(8)47)37(60-25)51-13-26-30(55-19(5)44)32(57-21(7)46)34(59-23(9)48)38(61-26)62-36-27-24(10-11-49-36)28(53-17(3)42)35-39(27,63-35)14-52-16(2)41/h10-11,24-38H,12-14H2,1-9H3. The first kappa shape index (κ1) is 48.6. The summed E-state index contributed by atoms with van der Waals surface area (Å²) in [5.41, 5.74) is -1.30. The van der Waals surface area contributed by atoms with Crippen molar-refractivity contribution in [3.63, 3.8) is 0 Å². The molecule has 4 heterocycles. The first-order chi connectivity index (χ1) is 29.6. The lowest BCUT2D eigenvalue weighted by atomic mass is 9.85. The van der Waals surface area contributed by atoms with Crippen molar-refractivity contribution in [3.05, 3.63) is 12.3 Å². The SMILES string of the molecule is CC(=O)OCC1OC(OCC2OC(OC3OC=CC4C(OC(C)=O)C5OC5(COC(C)=O)C34)C(OC(C)=O)C(OC(C)=O)C2OC(C)=O)C(OC(C)=O)C(OC(C)=O)C1OC(C)=O. The van der Waals surface area contributed by atoms with Crippen LogP contribution in [0.3, 0.4) is 0 Å². The molecule has 3 saturated heterocycles. The second kappa shape index (κ2) is 20.4. The van der Waals surface area contributed by atoms with Gasteiger partial charge >= 0.3 is 53.7 Å². The number of ether oxygens (including phenoxy) is 15. The van der Waals surface area contributed by atoms with Gasteiger partial charge in [-0.3, -0.25) is 43.2 Å². The summed E-state index contributed by atoms with van der Waals surface area (Å²) in [6, 6.07) is 0. The first-order valence-electron chi connectivity index (χ1n) is 19.7. The first-order valence-corrected chi connectivity index (χ1v) is 19.7. The van der Waals surface area contributed by atoms with Gasteiger partial charge in [0.15, 0.2) is 42.9 Å². The molecule has 5 aliphatic rings. The van der Waals surface area contributed by atoms with Crippen LogP contribution in [0.1, 0.15) is 62.3 Å². The van der Waals surface area contributed by atoms with E-state index in [1.807, 2.05) is 0 Å². The molecule has 350 valence electrons. The van der Waals surface area contributed by atoms with Crippen molar-refractivity contribution in [1.82, 2.24) is 0 Å². The Morgan fingerprint density at radius 1 is 0.476 bits per heavy atom. The average molecular weight is 903 g/mol. The average Bonchev–Trinajstić information content (AvgIpc) is 3.83. The van der Waals surface area contributed by atoms with Gasteiger partial charge in [-0.15, -0.1) is 0 Å². The van der Waals surface area contributed by atoms with Crippen LogP contribution in [0, 0.1) is 11.8 Å². The monoisotopic (exact) mass is 902 g/mol. The van der Waals surface area contributed by atoms with Gasteiger partial charge in [-0.1, -0.05) is 0 Å². The number of epoxide rings is 1. The van der Waals surface area contributed by atoms with Crippen molar-refractivity contribution in [2.75, 3.05) is 19.8 Å². The molecule has 4 fully saturated rings. The van der Waals surface area contributed by atoms with E-state index in [0.29, 0.717) is 0 Å². The summed E-state index contributed by atoms with van der Waals surface area (Å²) in [5.74, 6) is -9.03. The molecule has 24 heteroatoms. The van der Waals surface area contributed by atoms with E-state index >= 15 is 0 Å². The van der Waals surface area contributed by atoms with Gasteiger partial charge in [0.1, 0.15) is 43.2 Å². The molecule has 5 rings (SSSR count). The van der Waals surface area contributed by atoms with Crippen molar-refractivity contribution < 1.29 is 114 Å². The Morgan fingerprint density at radius 2 is 0.905 bits per heavy atom. The van der Waals surface area contributed by atoms with Crippen molar-refractivity contribution in [1.29, 1.82) is 0 Å². The van der Waals surface area contributed by atoms with Crippen molar-refractivity contribution >= 4 is 53.7 Å². The maximum atomic E-state index is 12.7. The topological polar surface area (TPSA) is 295 Å². The highest BCUT2D eigenvalue weighted by Gasteiger charge is 2.78. The Bertz CT molecular complexity index is 1810. The van der Waals surface area contributed by atoms with Gasteiger partial charge in [-0.2, -0.15) is 0 Å². The molecular formula is C39H50O24. The minimum Gasteiger partial charge on any atom is -0.472 e. The van der Waals surface area contributed by atoms with Gasteiger partial charge in [-0.25, -0.2) is 0 Å². The predicted molar refractivity (Wildman–Crippen MR) is 195 cm³/mol. The number of rotatable bonds is 16. The van der Waals surface area contributed by atoms with Crippen LogP contribution < -0.4 is 0 Å². The molecule has 0 aromatic carbocycles. The quantitative estimate of drug-likeness (QED) is 0.106. The van der Waals surface area contributed by atoms with Gasteiger partial charge in [-0.05, 0) is 6.08 Å². The van der Waals surface area contributed by atoms with Crippen LogP contribution in [0.4, 0.5) is 0 Å². The van der Waals surface area contributed by atoms with Crippen LogP contribution in [-0.2, 0) is 114 Å².